The lowest BCUT2D eigenvalue weighted by Gasteiger charge is -2.12. The molecule has 0 fully saturated rings. The minimum Gasteiger partial charge on any atom is -0.356 e. The van der Waals surface area contributed by atoms with Crippen molar-refractivity contribution in [2.45, 2.75) is 13.0 Å². The number of rotatable bonds is 6. The van der Waals surface area contributed by atoms with Crippen molar-refractivity contribution in [1.29, 1.82) is 0 Å². The molecule has 2 aromatic carbocycles. The van der Waals surface area contributed by atoms with Crippen LogP contribution in [-0.4, -0.2) is 24.5 Å². The van der Waals surface area contributed by atoms with E-state index in [0.717, 1.165) is 17.0 Å². The molecule has 126 valence electrons. The summed E-state index contributed by atoms with van der Waals surface area (Å²) in [6, 6.07) is 14.3. The van der Waals surface area contributed by atoms with Crippen molar-refractivity contribution >= 4 is 23.2 Å². The molecule has 6 nitrogen and oxygen atoms in total. The standard InChI is InChI=1S/C17H19ClN4O2/c1-19-17(20-11-10-13-6-2-4-8-15(13)18)21-12-14-7-3-5-9-16(14)22(23)24/h2-9H,10-12H2,1H3,(H2,19,20,21). The topological polar surface area (TPSA) is 79.6 Å². The minimum absolute atomic E-state index is 0.0940. The van der Waals surface area contributed by atoms with Gasteiger partial charge in [0.2, 0.25) is 0 Å². The van der Waals surface area contributed by atoms with Gasteiger partial charge < -0.3 is 10.6 Å². The van der Waals surface area contributed by atoms with Gasteiger partial charge >= 0.3 is 0 Å². The maximum atomic E-state index is 11.0. The highest BCUT2D eigenvalue weighted by atomic mass is 35.5. The number of para-hydroxylation sites is 1. The summed E-state index contributed by atoms with van der Waals surface area (Å²) in [5.41, 5.74) is 1.76. The number of aliphatic imine (C=N–C) groups is 1. The van der Waals surface area contributed by atoms with Crippen molar-refractivity contribution in [1.82, 2.24) is 10.6 Å². The maximum absolute atomic E-state index is 11.0. The third-order valence-corrected chi connectivity index (χ3v) is 3.87. The van der Waals surface area contributed by atoms with E-state index in [-0.39, 0.29) is 10.6 Å². The largest absolute Gasteiger partial charge is 0.356 e. The molecule has 24 heavy (non-hydrogen) atoms. The van der Waals surface area contributed by atoms with Gasteiger partial charge in [-0.05, 0) is 18.1 Å². The van der Waals surface area contributed by atoms with E-state index in [1.54, 1.807) is 25.2 Å². The SMILES string of the molecule is CN=C(NCCc1ccccc1Cl)NCc1ccccc1[N+](=O)[O-]. The summed E-state index contributed by atoms with van der Waals surface area (Å²) in [5, 5.41) is 18.0. The minimum atomic E-state index is -0.384. The molecule has 0 aromatic heterocycles. The van der Waals surface area contributed by atoms with Crippen LogP contribution in [0.15, 0.2) is 53.5 Å². The van der Waals surface area contributed by atoms with E-state index >= 15 is 0 Å². The van der Waals surface area contributed by atoms with Crippen LogP contribution in [0.3, 0.4) is 0 Å². The highest BCUT2D eigenvalue weighted by Gasteiger charge is 2.12. The fourth-order valence-corrected chi connectivity index (χ4v) is 2.48. The van der Waals surface area contributed by atoms with E-state index in [0.29, 0.717) is 24.6 Å². The first kappa shape index (κ1) is 17.7. The molecule has 0 aliphatic carbocycles. The number of nitrogens with zero attached hydrogens (tertiary/aromatic N) is 2. The molecule has 0 bridgehead atoms. The molecule has 0 spiro atoms. The van der Waals surface area contributed by atoms with E-state index in [9.17, 15) is 10.1 Å². The number of nitrogens with one attached hydrogen (secondary N) is 2. The van der Waals surface area contributed by atoms with Crippen molar-refractivity contribution in [3.8, 4) is 0 Å². The number of hydrogen-bond acceptors (Lipinski definition) is 3. The lowest BCUT2D eigenvalue weighted by atomic mass is 10.1. The van der Waals surface area contributed by atoms with Gasteiger partial charge in [-0.25, -0.2) is 0 Å². The van der Waals surface area contributed by atoms with E-state index in [4.69, 9.17) is 11.6 Å². The first-order valence-corrected chi connectivity index (χ1v) is 7.90. The lowest BCUT2D eigenvalue weighted by Crippen LogP contribution is -2.38. The van der Waals surface area contributed by atoms with Crippen LogP contribution >= 0.6 is 11.6 Å². The molecule has 0 atom stereocenters. The molecule has 0 aliphatic rings. The van der Waals surface area contributed by atoms with Crippen LogP contribution in [0.25, 0.3) is 0 Å². The Kier molecular flexibility index (Phi) is 6.57. The van der Waals surface area contributed by atoms with Crippen LogP contribution in [-0.2, 0) is 13.0 Å². The summed E-state index contributed by atoms with van der Waals surface area (Å²) < 4.78 is 0. The molecular formula is C17H19ClN4O2. The average molecular weight is 347 g/mol. The van der Waals surface area contributed by atoms with Crippen molar-refractivity contribution in [3.05, 3.63) is 74.8 Å². The molecule has 2 rings (SSSR count). The van der Waals surface area contributed by atoms with Gasteiger partial charge in [0.25, 0.3) is 5.69 Å². The molecule has 0 amide bonds. The Morgan fingerprint density at radius 3 is 2.46 bits per heavy atom. The summed E-state index contributed by atoms with van der Waals surface area (Å²) in [7, 11) is 1.66. The van der Waals surface area contributed by atoms with E-state index < -0.39 is 0 Å². The van der Waals surface area contributed by atoms with Crippen LogP contribution in [0, 0.1) is 10.1 Å². The fraction of sp³-hybridized carbons (Fsp3) is 0.235. The van der Waals surface area contributed by atoms with Crippen LogP contribution in [0.2, 0.25) is 5.02 Å². The number of benzene rings is 2. The summed E-state index contributed by atoms with van der Waals surface area (Å²) >= 11 is 6.12. The van der Waals surface area contributed by atoms with Gasteiger partial charge in [0.1, 0.15) is 0 Å². The van der Waals surface area contributed by atoms with Gasteiger partial charge in [-0.15, -0.1) is 0 Å². The van der Waals surface area contributed by atoms with E-state index in [1.165, 1.54) is 6.07 Å². The normalized spacial score (nSPS) is 11.2. The zero-order valence-electron chi connectivity index (χ0n) is 13.3. The van der Waals surface area contributed by atoms with Gasteiger partial charge in [0, 0.05) is 36.8 Å². The second kappa shape index (κ2) is 8.88. The second-order valence-electron chi connectivity index (χ2n) is 5.08. The van der Waals surface area contributed by atoms with E-state index in [2.05, 4.69) is 15.6 Å². The van der Waals surface area contributed by atoms with Gasteiger partial charge in [-0.2, -0.15) is 0 Å². The van der Waals surface area contributed by atoms with Crippen LogP contribution in [0.1, 0.15) is 11.1 Å². The Morgan fingerprint density at radius 2 is 1.79 bits per heavy atom. The lowest BCUT2D eigenvalue weighted by molar-refractivity contribution is -0.385. The number of halogens is 1. The molecule has 0 aliphatic heterocycles. The maximum Gasteiger partial charge on any atom is 0.274 e. The van der Waals surface area contributed by atoms with Crippen LogP contribution in [0.5, 0.6) is 0 Å². The predicted molar refractivity (Wildman–Crippen MR) is 96.5 cm³/mol. The van der Waals surface area contributed by atoms with Crippen LogP contribution < -0.4 is 10.6 Å². The van der Waals surface area contributed by atoms with Crippen molar-refractivity contribution in [3.63, 3.8) is 0 Å². The quantitative estimate of drug-likeness (QED) is 0.364. The molecule has 0 heterocycles. The Bertz CT molecular complexity index is 734. The Morgan fingerprint density at radius 1 is 1.12 bits per heavy atom. The molecule has 0 radical (unpaired) electrons. The zero-order chi connectivity index (χ0) is 17.4. The average Bonchev–Trinajstić information content (AvgIpc) is 2.59. The van der Waals surface area contributed by atoms with Gasteiger partial charge in [-0.3, -0.25) is 15.1 Å². The van der Waals surface area contributed by atoms with E-state index in [1.807, 2.05) is 24.3 Å². The van der Waals surface area contributed by atoms with Crippen LogP contribution in [0.4, 0.5) is 5.69 Å². The predicted octanol–water partition coefficient (Wildman–Crippen LogP) is 3.16. The second-order valence-corrected chi connectivity index (χ2v) is 5.49. The summed E-state index contributed by atoms with van der Waals surface area (Å²) in [6.45, 7) is 0.975. The number of guanidine groups is 1. The van der Waals surface area contributed by atoms with Crippen molar-refractivity contribution in [2.75, 3.05) is 13.6 Å². The Balaban J connectivity index is 1.87. The molecule has 0 saturated heterocycles. The number of nitro benzene ring substituents is 1. The molecule has 0 saturated carbocycles. The summed E-state index contributed by atoms with van der Waals surface area (Å²) in [5.74, 6) is 0.584. The van der Waals surface area contributed by atoms with Crippen molar-refractivity contribution < 1.29 is 4.92 Å². The first-order chi connectivity index (χ1) is 11.6. The number of hydrogen-bond donors (Lipinski definition) is 2. The molecular weight excluding hydrogens is 328 g/mol. The highest BCUT2D eigenvalue weighted by molar-refractivity contribution is 6.31. The van der Waals surface area contributed by atoms with Gasteiger partial charge in [-0.1, -0.05) is 48.0 Å². The third kappa shape index (κ3) is 4.96. The van der Waals surface area contributed by atoms with Gasteiger partial charge in [0.05, 0.1) is 4.92 Å². The molecule has 2 N–H and O–H groups in total. The monoisotopic (exact) mass is 346 g/mol. The molecule has 2 aromatic rings. The zero-order valence-corrected chi connectivity index (χ0v) is 14.1. The molecule has 0 unspecified atom stereocenters. The third-order valence-electron chi connectivity index (χ3n) is 3.50. The Labute approximate surface area is 145 Å². The molecule has 7 heteroatoms. The summed E-state index contributed by atoms with van der Waals surface area (Å²) in [4.78, 5) is 14.8. The first-order valence-electron chi connectivity index (χ1n) is 7.52. The smallest absolute Gasteiger partial charge is 0.274 e. The van der Waals surface area contributed by atoms with Crippen molar-refractivity contribution in [2.24, 2.45) is 4.99 Å². The number of nitro groups is 1. The Hall–Kier alpha value is -2.60. The fourth-order valence-electron chi connectivity index (χ4n) is 2.25. The highest BCUT2D eigenvalue weighted by Crippen LogP contribution is 2.17. The van der Waals surface area contributed by atoms with Gasteiger partial charge in [0.15, 0.2) is 5.96 Å². The summed E-state index contributed by atoms with van der Waals surface area (Å²) in [6.07, 6.45) is 0.756.